The van der Waals surface area contributed by atoms with Crippen LogP contribution in [0, 0.1) is 11.3 Å². The second-order valence-corrected chi connectivity index (χ2v) is 13.0. The zero-order valence-corrected chi connectivity index (χ0v) is 29.9. The van der Waals surface area contributed by atoms with E-state index in [9.17, 15) is 14.9 Å². The first-order valence-electron chi connectivity index (χ1n) is 16.9. The van der Waals surface area contributed by atoms with Gasteiger partial charge in [-0.3, -0.25) is 19.5 Å². The minimum Gasteiger partial charge on any atom is -0.495 e. The van der Waals surface area contributed by atoms with Crippen LogP contribution in [-0.4, -0.2) is 80.1 Å². The van der Waals surface area contributed by atoms with Gasteiger partial charge in [-0.1, -0.05) is 55.3 Å². The topological polar surface area (TPSA) is 143 Å². The smallest absolute Gasteiger partial charge is 0.222 e. The number of nitrogens with one attached hydrogen (secondary N) is 1. The largest absolute Gasteiger partial charge is 0.495 e. The number of nitrogens with two attached hydrogens (primary N) is 1. The van der Waals surface area contributed by atoms with Crippen LogP contribution in [0.5, 0.6) is 17.2 Å². The van der Waals surface area contributed by atoms with Gasteiger partial charge in [0.05, 0.1) is 53.3 Å². The molecule has 1 fully saturated rings. The second kappa shape index (κ2) is 19.3. The summed E-state index contributed by atoms with van der Waals surface area (Å²) in [6.07, 6.45) is 10.7. The lowest BCUT2D eigenvalue weighted by Crippen LogP contribution is -2.48. The number of methoxy groups -OCH3 is 2. The molecule has 1 aliphatic rings. The molecule has 0 spiro atoms. The van der Waals surface area contributed by atoms with Crippen molar-refractivity contribution in [3.8, 4) is 23.3 Å². The van der Waals surface area contributed by atoms with E-state index in [0.717, 1.165) is 84.1 Å². The van der Waals surface area contributed by atoms with Gasteiger partial charge in [-0.15, -0.1) is 0 Å². The van der Waals surface area contributed by atoms with Crippen LogP contribution in [-0.2, 0) is 9.59 Å². The number of hydrogen-bond acceptors (Lipinski definition) is 9. The van der Waals surface area contributed by atoms with E-state index < -0.39 is 0 Å². The Morgan fingerprint density at radius 2 is 1.55 bits per heavy atom. The maximum Gasteiger partial charge on any atom is 0.222 e. The number of carbonyl (C=O) groups is 2. The fourth-order valence-corrected chi connectivity index (χ4v) is 6.42. The van der Waals surface area contributed by atoms with Crippen molar-refractivity contribution >= 4 is 57.3 Å². The summed E-state index contributed by atoms with van der Waals surface area (Å²) in [4.78, 5) is 32.3. The first-order chi connectivity index (χ1) is 23.7. The predicted octanol–water partition coefficient (Wildman–Crippen LogP) is 7.08. The number of hydrogen-bond donors (Lipinski definition) is 2. The lowest BCUT2D eigenvalue weighted by Gasteiger charge is -2.34. The molecule has 1 aromatic heterocycles. The molecule has 2 aromatic carbocycles. The fraction of sp³-hybridized carbons (Fsp3) is 0.500. The Kier molecular flexibility index (Phi) is 14.9. The van der Waals surface area contributed by atoms with Crippen LogP contribution in [0.3, 0.4) is 0 Å². The van der Waals surface area contributed by atoms with Gasteiger partial charge < -0.3 is 30.2 Å². The third-order valence-electron chi connectivity index (χ3n) is 8.69. The van der Waals surface area contributed by atoms with Crippen LogP contribution < -0.4 is 25.3 Å². The van der Waals surface area contributed by atoms with Crippen molar-refractivity contribution < 1.29 is 23.8 Å². The Labute approximate surface area is 298 Å². The van der Waals surface area contributed by atoms with Crippen molar-refractivity contribution in [3.63, 3.8) is 0 Å². The number of unbranched alkanes of at least 4 members (excludes halogenated alkanes) is 6. The highest BCUT2D eigenvalue weighted by Gasteiger charge is 2.21. The number of piperazine rings is 1. The normalized spacial score (nSPS) is 13.2. The van der Waals surface area contributed by atoms with Crippen LogP contribution in [0.15, 0.2) is 30.5 Å². The van der Waals surface area contributed by atoms with Crippen LogP contribution in [0.4, 0.5) is 11.4 Å². The summed E-state index contributed by atoms with van der Waals surface area (Å²) in [5, 5.41) is 14.5. The highest BCUT2D eigenvalue weighted by molar-refractivity contribution is 6.37. The number of nitriles is 1. The molecule has 2 heterocycles. The van der Waals surface area contributed by atoms with Gasteiger partial charge >= 0.3 is 0 Å². The standard InChI is InChI=1S/C36H46Cl2N6O5/c1-47-31-22-30(27(37)20-28(31)38)42-36-25(23-39)24-41-29-21-33(32(48-2)19-26(29)36)49-18-10-13-43-14-16-44(17-15-43)35(46)12-9-7-5-3-4-6-8-11-34(40)45/h19-22,24H,3-18H2,1-2H3,(H2,40,45)(H,41,42). The molecule has 3 aromatic rings. The van der Waals surface area contributed by atoms with E-state index in [0.29, 0.717) is 74.6 Å². The zero-order valence-electron chi connectivity index (χ0n) is 28.4. The number of rotatable bonds is 19. The number of ether oxygens (including phenoxy) is 3. The van der Waals surface area contributed by atoms with E-state index in [4.69, 9.17) is 43.1 Å². The Bertz CT molecular complexity index is 1620. The van der Waals surface area contributed by atoms with Crippen LogP contribution in [0.2, 0.25) is 10.0 Å². The van der Waals surface area contributed by atoms with Crippen molar-refractivity contribution in [3.05, 3.63) is 46.1 Å². The van der Waals surface area contributed by atoms with Gasteiger partial charge in [-0.05, 0) is 31.4 Å². The van der Waals surface area contributed by atoms with Gasteiger partial charge in [0, 0.05) is 69.3 Å². The molecule has 4 rings (SSSR count). The van der Waals surface area contributed by atoms with Crippen LogP contribution in [0.1, 0.15) is 69.8 Å². The first-order valence-corrected chi connectivity index (χ1v) is 17.6. The quantitative estimate of drug-likeness (QED) is 0.125. The van der Waals surface area contributed by atoms with Crippen molar-refractivity contribution in [1.82, 2.24) is 14.8 Å². The number of benzene rings is 2. The molecule has 1 aliphatic heterocycles. The number of halogens is 2. The summed E-state index contributed by atoms with van der Waals surface area (Å²) in [7, 11) is 3.09. The zero-order chi connectivity index (χ0) is 35.2. The Morgan fingerprint density at radius 1 is 0.878 bits per heavy atom. The van der Waals surface area contributed by atoms with E-state index >= 15 is 0 Å². The number of nitrogens with zero attached hydrogens (tertiary/aromatic N) is 4. The number of amides is 2. The maximum atomic E-state index is 12.7. The molecule has 0 unspecified atom stereocenters. The molecule has 13 heteroatoms. The second-order valence-electron chi connectivity index (χ2n) is 12.1. The van der Waals surface area contributed by atoms with Crippen LogP contribution >= 0.6 is 23.2 Å². The van der Waals surface area contributed by atoms with E-state index in [1.54, 1.807) is 25.3 Å². The third-order valence-corrected chi connectivity index (χ3v) is 9.30. The molecular formula is C36H46Cl2N6O5. The van der Waals surface area contributed by atoms with Crippen molar-refractivity contribution in [2.45, 2.75) is 64.2 Å². The minimum atomic E-state index is -0.226. The number of primary amides is 1. The van der Waals surface area contributed by atoms with Gasteiger partial charge in [0.15, 0.2) is 11.5 Å². The number of carbonyl (C=O) groups excluding carboxylic acids is 2. The Hall–Kier alpha value is -3.98. The number of anilines is 2. The highest BCUT2D eigenvalue weighted by atomic mass is 35.5. The number of pyridine rings is 1. The summed E-state index contributed by atoms with van der Waals surface area (Å²) in [6, 6.07) is 9.05. The number of fused-ring (bicyclic) bond motifs is 1. The van der Waals surface area contributed by atoms with Gasteiger partial charge in [0.25, 0.3) is 0 Å². The Morgan fingerprint density at radius 3 is 2.20 bits per heavy atom. The van der Waals surface area contributed by atoms with Crippen molar-refractivity contribution in [2.24, 2.45) is 5.73 Å². The molecule has 3 N–H and O–H groups in total. The number of aromatic nitrogens is 1. The summed E-state index contributed by atoms with van der Waals surface area (Å²) in [5.41, 5.74) is 7.16. The summed E-state index contributed by atoms with van der Waals surface area (Å²) in [6.45, 7) is 4.54. The molecule has 0 saturated carbocycles. The molecule has 49 heavy (non-hydrogen) atoms. The highest BCUT2D eigenvalue weighted by Crippen LogP contribution is 2.40. The van der Waals surface area contributed by atoms with Gasteiger partial charge in [-0.2, -0.15) is 5.26 Å². The molecule has 0 bridgehead atoms. The molecule has 11 nitrogen and oxygen atoms in total. The summed E-state index contributed by atoms with van der Waals surface area (Å²) < 4.78 is 17.2. The first kappa shape index (κ1) is 37.8. The molecule has 264 valence electrons. The fourth-order valence-electron chi connectivity index (χ4n) is 5.92. The van der Waals surface area contributed by atoms with Gasteiger partial charge in [0.2, 0.25) is 11.8 Å². The monoisotopic (exact) mass is 712 g/mol. The van der Waals surface area contributed by atoms with E-state index in [1.807, 2.05) is 11.0 Å². The average Bonchev–Trinajstić information content (AvgIpc) is 3.10. The maximum absolute atomic E-state index is 12.7. The molecule has 0 atom stereocenters. The summed E-state index contributed by atoms with van der Waals surface area (Å²) in [5.74, 6) is 1.54. The average molecular weight is 714 g/mol. The Balaban J connectivity index is 1.23. The van der Waals surface area contributed by atoms with Crippen molar-refractivity contribution in [1.29, 1.82) is 5.26 Å². The van der Waals surface area contributed by atoms with Crippen molar-refractivity contribution in [2.75, 3.05) is 58.9 Å². The van der Waals surface area contributed by atoms with Crippen LogP contribution in [0.25, 0.3) is 10.9 Å². The van der Waals surface area contributed by atoms with Gasteiger partial charge in [0.1, 0.15) is 11.8 Å². The molecule has 0 aliphatic carbocycles. The molecular weight excluding hydrogens is 667 g/mol. The lowest BCUT2D eigenvalue weighted by atomic mass is 10.1. The molecule has 1 saturated heterocycles. The van der Waals surface area contributed by atoms with E-state index in [2.05, 4.69) is 21.3 Å². The van der Waals surface area contributed by atoms with Gasteiger partial charge in [-0.25, -0.2) is 0 Å². The third kappa shape index (κ3) is 11.0. The molecule has 2 amide bonds. The summed E-state index contributed by atoms with van der Waals surface area (Å²) >= 11 is 12.7. The lowest BCUT2D eigenvalue weighted by molar-refractivity contribution is -0.133. The molecule has 0 radical (unpaired) electrons. The van der Waals surface area contributed by atoms with E-state index in [-0.39, 0.29) is 11.8 Å². The predicted molar refractivity (Wildman–Crippen MR) is 193 cm³/mol. The van der Waals surface area contributed by atoms with E-state index in [1.165, 1.54) is 13.3 Å². The minimum absolute atomic E-state index is 0.226. The SMILES string of the molecule is COc1cc(Nc2c(C#N)cnc3cc(OCCCN4CCN(C(=O)CCCCCCCCCC(N)=O)CC4)c(OC)cc23)c(Cl)cc1Cl.